The van der Waals surface area contributed by atoms with Gasteiger partial charge in [0.15, 0.2) is 0 Å². The van der Waals surface area contributed by atoms with Crippen molar-refractivity contribution in [2.24, 2.45) is 5.92 Å². The molecule has 1 N–H and O–H groups in total. The summed E-state index contributed by atoms with van der Waals surface area (Å²) in [6.45, 7) is 5.55. The van der Waals surface area contributed by atoms with E-state index in [1.54, 1.807) is 11.5 Å². The highest BCUT2D eigenvalue weighted by molar-refractivity contribution is 7.09. The molecule has 0 bridgehead atoms. The fourth-order valence-corrected chi connectivity index (χ4v) is 3.14. The van der Waals surface area contributed by atoms with Crippen LogP contribution in [0.4, 0.5) is 5.13 Å². The van der Waals surface area contributed by atoms with Crippen molar-refractivity contribution in [2.75, 3.05) is 31.6 Å². The molecule has 1 atom stereocenters. The average Bonchev–Trinajstić information content (AvgIpc) is 2.79. The first-order chi connectivity index (χ1) is 8.33. The van der Waals surface area contributed by atoms with Crippen molar-refractivity contribution >= 4 is 16.7 Å². The molecule has 4 nitrogen and oxygen atoms in total. The Balaban J connectivity index is 1.95. The lowest BCUT2D eigenvalue weighted by molar-refractivity contribution is 0.402. The van der Waals surface area contributed by atoms with Gasteiger partial charge < -0.3 is 10.2 Å². The molecular formula is C12H22N4S. The molecule has 1 aromatic rings. The van der Waals surface area contributed by atoms with Crippen LogP contribution in [0.25, 0.3) is 0 Å². The molecule has 0 aromatic carbocycles. The molecule has 0 spiro atoms. The van der Waals surface area contributed by atoms with E-state index in [0.29, 0.717) is 0 Å². The largest absolute Gasteiger partial charge is 0.347 e. The topological polar surface area (TPSA) is 41.1 Å². The molecule has 2 heterocycles. The van der Waals surface area contributed by atoms with Gasteiger partial charge in [-0.15, -0.1) is 0 Å². The molecule has 0 aliphatic carbocycles. The van der Waals surface area contributed by atoms with E-state index in [9.17, 15) is 0 Å². The number of nitrogens with one attached hydrogen (secondary N) is 1. The van der Waals surface area contributed by atoms with Crippen LogP contribution in [0.1, 0.15) is 32.0 Å². The zero-order valence-electron chi connectivity index (χ0n) is 10.8. The molecule has 0 radical (unpaired) electrons. The predicted molar refractivity (Wildman–Crippen MR) is 72.8 cm³/mol. The standard InChI is InChI=1S/C12H22N4S/c1-3-5-11-14-12(17-15-11)16-7-4-6-10(9-16)8-13-2/h10,13H,3-9H2,1-2H3. The number of aromatic nitrogens is 2. The van der Waals surface area contributed by atoms with Gasteiger partial charge in [0, 0.05) is 31.0 Å². The van der Waals surface area contributed by atoms with Crippen LogP contribution in [0.5, 0.6) is 0 Å². The number of rotatable bonds is 5. The third-order valence-corrected chi connectivity index (χ3v) is 4.03. The summed E-state index contributed by atoms with van der Waals surface area (Å²) in [5.74, 6) is 1.77. The van der Waals surface area contributed by atoms with Gasteiger partial charge in [-0.3, -0.25) is 0 Å². The quantitative estimate of drug-likeness (QED) is 0.871. The van der Waals surface area contributed by atoms with E-state index in [0.717, 1.165) is 49.3 Å². The highest BCUT2D eigenvalue weighted by Crippen LogP contribution is 2.24. The number of hydrogen-bond donors (Lipinski definition) is 1. The summed E-state index contributed by atoms with van der Waals surface area (Å²) in [6, 6.07) is 0. The van der Waals surface area contributed by atoms with Crippen molar-refractivity contribution in [1.82, 2.24) is 14.7 Å². The Labute approximate surface area is 108 Å². The van der Waals surface area contributed by atoms with Crippen molar-refractivity contribution in [2.45, 2.75) is 32.6 Å². The van der Waals surface area contributed by atoms with Crippen LogP contribution in [-0.4, -0.2) is 36.0 Å². The number of aryl methyl sites for hydroxylation is 1. The third-order valence-electron chi connectivity index (χ3n) is 3.21. The van der Waals surface area contributed by atoms with Gasteiger partial charge in [-0.2, -0.15) is 4.37 Å². The van der Waals surface area contributed by atoms with Gasteiger partial charge in [-0.1, -0.05) is 6.92 Å². The highest BCUT2D eigenvalue weighted by Gasteiger charge is 2.21. The van der Waals surface area contributed by atoms with E-state index in [1.165, 1.54) is 12.8 Å². The van der Waals surface area contributed by atoms with Gasteiger partial charge in [0.05, 0.1) is 0 Å². The van der Waals surface area contributed by atoms with Gasteiger partial charge in [0.25, 0.3) is 0 Å². The van der Waals surface area contributed by atoms with Crippen molar-refractivity contribution in [3.8, 4) is 0 Å². The summed E-state index contributed by atoms with van der Waals surface area (Å²) in [5, 5.41) is 4.40. The lowest BCUT2D eigenvalue weighted by atomic mass is 9.98. The zero-order valence-corrected chi connectivity index (χ0v) is 11.6. The fourth-order valence-electron chi connectivity index (χ4n) is 2.39. The van der Waals surface area contributed by atoms with E-state index < -0.39 is 0 Å². The lowest BCUT2D eigenvalue weighted by Crippen LogP contribution is -2.39. The van der Waals surface area contributed by atoms with Crippen molar-refractivity contribution < 1.29 is 0 Å². The second-order valence-electron chi connectivity index (χ2n) is 4.76. The van der Waals surface area contributed by atoms with Gasteiger partial charge >= 0.3 is 0 Å². The molecule has 1 aliphatic rings. The lowest BCUT2D eigenvalue weighted by Gasteiger charge is -2.32. The Hall–Kier alpha value is -0.680. The maximum absolute atomic E-state index is 4.63. The van der Waals surface area contributed by atoms with Crippen LogP contribution >= 0.6 is 11.5 Å². The Bertz CT molecular complexity index is 337. The molecule has 96 valence electrons. The summed E-state index contributed by atoms with van der Waals surface area (Å²) in [5.41, 5.74) is 0. The van der Waals surface area contributed by atoms with E-state index in [4.69, 9.17) is 0 Å². The molecular weight excluding hydrogens is 232 g/mol. The Morgan fingerprint density at radius 3 is 3.18 bits per heavy atom. The molecule has 1 saturated heterocycles. The van der Waals surface area contributed by atoms with E-state index in [1.807, 2.05) is 7.05 Å². The van der Waals surface area contributed by atoms with E-state index in [-0.39, 0.29) is 0 Å². The monoisotopic (exact) mass is 254 g/mol. The second kappa shape index (κ2) is 6.31. The smallest absolute Gasteiger partial charge is 0.205 e. The fraction of sp³-hybridized carbons (Fsp3) is 0.833. The van der Waals surface area contributed by atoms with Crippen molar-refractivity contribution in [3.63, 3.8) is 0 Å². The van der Waals surface area contributed by atoms with Crippen LogP contribution in [0.2, 0.25) is 0 Å². The number of anilines is 1. The average molecular weight is 254 g/mol. The molecule has 1 fully saturated rings. The Morgan fingerprint density at radius 2 is 2.41 bits per heavy atom. The second-order valence-corrected chi connectivity index (χ2v) is 5.49. The van der Waals surface area contributed by atoms with Gasteiger partial charge in [-0.25, -0.2) is 4.98 Å². The van der Waals surface area contributed by atoms with Crippen LogP contribution in [0.15, 0.2) is 0 Å². The maximum Gasteiger partial charge on any atom is 0.205 e. The molecule has 0 amide bonds. The Morgan fingerprint density at radius 1 is 1.53 bits per heavy atom. The van der Waals surface area contributed by atoms with Gasteiger partial charge in [0.2, 0.25) is 5.13 Å². The van der Waals surface area contributed by atoms with Crippen molar-refractivity contribution in [3.05, 3.63) is 5.82 Å². The maximum atomic E-state index is 4.63. The first-order valence-electron chi connectivity index (χ1n) is 6.55. The minimum atomic E-state index is 0.757. The minimum absolute atomic E-state index is 0.757. The summed E-state index contributed by atoms with van der Waals surface area (Å²) in [7, 11) is 2.03. The molecule has 17 heavy (non-hydrogen) atoms. The van der Waals surface area contributed by atoms with Crippen LogP contribution in [0.3, 0.4) is 0 Å². The van der Waals surface area contributed by atoms with Crippen LogP contribution in [0, 0.1) is 5.92 Å². The number of piperidine rings is 1. The highest BCUT2D eigenvalue weighted by atomic mass is 32.1. The first kappa shape index (κ1) is 12.8. The van der Waals surface area contributed by atoms with Crippen LogP contribution in [-0.2, 0) is 6.42 Å². The van der Waals surface area contributed by atoms with E-state index in [2.05, 4.69) is 26.5 Å². The molecule has 2 rings (SSSR count). The van der Waals surface area contributed by atoms with Gasteiger partial charge in [0.1, 0.15) is 5.82 Å². The van der Waals surface area contributed by atoms with Crippen molar-refractivity contribution in [1.29, 1.82) is 0 Å². The van der Waals surface area contributed by atoms with Gasteiger partial charge in [-0.05, 0) is 38.8 Å². The number of nitrogens with zero attached hydrogens (tertiary/aromatic N) is 3. The summed E-state index contributed by atoms with van der Waals surface area (Å²) >= 11 is 1.56. The minimum Gasteiger partial charge on any atom is -0.347 e. The molecule has 5 heteroatoms. The Kier molecular flexibility index (Phi) is 4.74. The molecule has 1 aliphatic heterocycles. The summed E-state index contributed by atoms with van der Waals surface area (Å²) in [6.07, 6.45) is 4.73. The zero-order chi connectivity index (χ0) is 12.1. The number of hydrogen-bond acceptors (Lipinski definition) is 5. The molecule has 0 saturated carbocycles. The van der Waals surface area contributed by atoms with Crippen LogP contribution < -0.4 is 10.2 Å². The summed E-state index contributed by atoms with van der Waals surface area (Å²) < 4.78 is 4.43. The third kappa shape index (κ3) is 3.39. The summed E-state index contributed by atoms with van der Waals surface area (Å²) in [4.78, 5) is 7.04. The normalized spacial score (nSPS) is 20.8. The molecule has 1 unspecified atom stereocenters. The van der Waals surface area contributed by atoms with E-state index >= 15 is 0 Å². The molecule has 1 aromatic heterocycles. The predicted octanol–water partition coefficient (Wildman–Crippen LogP) is 1.93. The first-order valence-corrected chi connectivity index (χ1v) is 7.33. The SMILES string of the molecule is CCCc1nsc(N2CCCC(CNC)C2)n1.